The van der Waals surface area contributed by atoms with Crippen molar-refractivity contribution in [3.05, 3.63) is 56.5 Å². The van der Waals surface area contributed by atoms with Crippen molar-refractivity contribution in [1.82, 2.24) is 0 Å². The summed E-state index contributed by atoms with van der Waals surface area (Å²) in [6.45, 7) is 2.23. The van der Waals surface area contributed by atoms with E-state index >= 15 is 0 Å². The maximum Gasteiger partial charge on any atom is 0.0253 e. The van der Waals surface area contributed by atoms with Crippen LogP contribution < -0.4 is 0 Å². The summed E-state index contributed by atoms with van der Waals surface area (Å²) in [5.41, 5.74) is 5.58. The lowest BCUT2D eigenvalue weighted by molar-refractivity contribution is 0.742. The zero-order valence-corrected chi connectivity index (χ0v) is 15.2. The van der Waals surface area contributed by atoms with Crippen molar-refractivity contribution >= 4 is 47.8 Å². The molecule has 2 aromatic carbocycles. The molecule has 3 rings (SSSR count). The van der Waals surface area contributed by atoms with Crippen LogP contribution in [0.15, 0.2) is 45.3 Å². The Morgan fingerprint density at radius 2 is 1.42 bits per heavy atom. The standard InChI is InChI=1S/C16H13Br3/c1-2-15(19)16-13-7-9(17)3-5-11(13)12-6-4-10(18)8-14(12)16/h3-8,15-16H,2H2,1H3. The van der Waals surface area contributed by atoms with E-state index in [-0.39, 0.29) is 0 Å². The van der Waals surface area contributed by atoms with Crippen molar-refractivity contribution in [3.8, 4) is 11.1 Å². The molecule has 1 aliphatic carbocycles. The first kappa shape index (κ1) is 13.8. The average molecular weight is 445 g/mol. The molecule has 0 bridgehead atoms. The van der Waals surface area contributed by atoms with Gasteiger partial charge in [-0.05, 0) is 52.9 Å². The fraction of sp³-hybridized carbons (Fsp3) is 0.250. The van der Waals surface area contributed by atoms with Crippen molar-refractivity contribution in [3.63, 3.8) is 0 Å². The molecule has 0 heterocycles. The molecule has 1 atom stereocenters. The van der Waals surface area contributed by atoms with Crippen LogP contribution in [0.3, 0.4) is 0 Å². The van der Waals surface area contributed by atoms with Crippen LogP contribution in [-0.2, 0) is 0 Å². The summed E-state index contributed by atoms with van der Waals surface area (Å²) in [4.78, 5) is 0.469. The summed E-state index contributed by atoms with van der Waals surface area (Å²) in [6, 6.07) is 13.2. The van der Waals surface area contributed by atoms with E-state index in [0.29, 0.717) is 10.7 Å². The minimum absolute atomic E-state index is 0.435. The molecule has 19 heavy (non-hydrogen) atoms. The average Bonchev–Trinajstić information content (AvgIpc) is 2.70. The van der Waals surface area contributed by atoms with E-state index in [1.165, 1.54) is 22.3 Å². The highest BCUT2D eigenvalue weighted by Gasteiger charge is 2.32. The molecule has 0 spiro atoms. The highest BCUT2D eigenvalue weighted by Crippen LogP contribution is 2.49. The second-order valence-electron chi connectivity index (χ2n) is 4.87. The van der Waals surface area contributed by atoms with Gasteiger partial charge in [-0.15, -0.1) is 0 Å². The molecule has 0 N–H and O–H groups in total. The third-order valence-electron chi connectivity index (χ3n) is 3.74. The van der Waals surface area contributed by atoms with Crippen LogP contribution in [0, 0.1) is 0 Å². The first-order valence-corrected chi connectivity index (χ1v) is 8.85. The number of fused-ring (bicyclic) bond motifs is 3. The van der Waals surface area contributed by atoms with Gasteiger partial charge in [0.2, 0.25) is 0 Å². The zero-order valence-electron chi connectivity index (χ0n) is 10.5. The first-order chi connectivity index (χ1) is 9.11. The summed E-state index contributed by atoms with van der Waals surface area (Å²) in [5, 5.41) is 0. The van der Waals surface area contributed by atoms with Gasteiger partial charge in [-0.1, -0.05) is 66.8 Å². The van der Waals surface area contributed by atoms with E-state index in [1.807, 2.05) is 0 Å². The Hall–Kier alpha value is -0.120. The van der Waals surface area contributed by atoms with Crippen LogP contribution in [0.1, 0.15) is 30.4 Å². The Balaban J connectivity index is 2.26. The van der Waals surface area contributed by atoms with E-state index < -0.39 is 0 Å². The molecule has 0 aromatic heterocycles. The topological polar surface area (TPSA) is 0 Å². The molecule has 0 radical (unpaired) electrons. The van der Waals surface area contributed by atoms with E-state index in [9.17, 15) is 0 Å². The molecular formula is C16H13Br3. The van der Waals surface area contributed by atoms with Crippen molar-refractivity contribution < 1.29 is 0 Å². The SMILES string of the molecule is CCC(Br)C1c2cc(Br)ccc2-c2ccc(Br)cc21. The predicted molar refractivity (Wildman–Crippen MR) is 92.1 cm³/mol. The van der Waals surface area contributed by atoms with Gasteiger partial charge < -0.3 is 0 Å². The summed E-state index contributed by atoms with van der Waals surface area (Å²) in [5.74, 6) is 0.435. The summed E-state index contributed by atoms with van der Waals surface area (Å²) >= 11 is 11.1. The Kier molecular flexibility index (Phi) is 3.89. The van der Waals surface area contributed by atoms with Gasteiger partial charge in [0.15, 0.2) is 0 Å². The number of hydrogen-bond donors (Lipinski definition) is 0. The molecule has 0 saturated heterocycles. The maximum atomic E-state index is 3.86. The molecule has 1 unspecified atom stereocenters. The molecule has 3 heteroatoms. The fourth-order valence-corrected chi connectivity index (χ4v) is 4.19. The van der Waals surface area contributed by atoms with Crippen LogP contribution >= 0.6 is 47.8 Å². The lowest BCUT2D eigenvalue weighted by Gasteiger charge is -2.19. The lowest BCUT2D eigenvalue weighted by atomic mass is 9.92. The van der Waals surface area contributed by atoms with Crippen LogP contribution in [0.2, 0.25) is 0 Å². The van der Waals surface area contributed by atoms with Crippen LogP contribution in [0.5, 0.6) is 0 Å². The molecular weight excluding hydrogens is 432 g/mol. The quantitative estimate of drug-likeness (QED) is 0.464. The Morgan fingerprint density at radius 3 is 1.84 bits per heavy atom. The van der Waals surface area contributed by atoms with Gasteiger partial charge in [-0.2, -0.15) is 0 Å². The second-order valence-corrected chi connectivity index (χ2v) is 7.87. The molecule has 0 nitrogen and oxygen atoms in total. The second kappa shape index (κ2) is 5.34. The molecule has 0 saturated carbocycles. The third kappa shape index (κ3) is 2.34. The van der Waals surface area contributed by atoms with Gasteiger partial charge in [0.05, 0.1) is 0 Å². The van der Waals surface area contributed by atoms with Crippen LogP contribution in [0.25, 0.3) is 11.1 Å². The smallest absolute Gasteiger partial charge is 0.0253 e. The highest BCUT2D eigenvalue weighted by atomic mass is 79.9. The Morgan fingerprint density at radius 1 is 0.947 bits per heavy atom. The van der Waals surface area contributed by atoms with E-state index in [1.54, 1.807) is 0 Å². The minimum Gasteiger partial charge on any atom is -0.0880 e. The number of hydrogen-bond acceptors (Lipinski definition) is 0. The number of benzene rings is 2. The number of rotatable bonds is 2. The third-order valence-corrected chi connectivity index (χ3v) is 5.90. The van der Waals surface area contributed by atoms with Crippen molar-refractivity contribution in [1.29, 1.82) is 0 Å². The Labute approximate surface area is 139 Å². The van der Waals surface area contributed by atoms with Gasteiger partial charge in [-0.25, -0.2) is 0 Å². The first-order valence-electron chi connectivity index (χ1n) is 6.35. The normalized spacial score (nSPS) is 15.2. The van der Waals surface area contributed by atoms with Crippen molar-refractivity contribution in [2.45, 2.75) is 24.1 Å². The van der Waals surface area contributed by atoms with Gasteiger partial charge in [0.25, 0.3) is 0 Å². The molecule has 0 aliphatic heterocycles. The molecule has 98 valence electrons. The van der Waals surface area contributed by atoms with E-state index in [4.69, 9.17) is 0 Å². The van der Waals surface area contributed by atoms with Gasteiger partial charge in [0.1, 0.15) is 0 Å². The van der Waals surface area contributed by atoms with Gasteiger partial charge in [-0.3, -0.25) is 0 Å². The molecule has 1 aliphatic rings. The van der Waals surface area contributed by atoms with E-state index in [2.05, 4.69) is 91.1 Å². The van der Waals surface area contributed by atoms with Crippen LogP contribution in [0.4, 0.5) is 0 Å². The zero-order chi connectivity index (χ0) is 13.6. The minimum atomic E-state index is 0.435. The van der Waals surface area contributed by atoms with Gasteiger partial charge in [0, 0.05) is 19.7 Å². The monoisotopic (exact) mass is 442 g/mol. The van der Waals surface area contributed by atoms with E-state index in [0.717, 1.165) is 15.4 Å². The Bertz CT molecular complexity index is 582. The summed E-state index contributed by atoms with van der Waals surface area (Å²) < 4.78 is 2.30. The lowest BCUT2D eigenvalue weighted by Crippen LogP contribution is -2.10. The molecule has 2 aromatic rings. The maximum absolute atomic E-state index is 3.86. The predicted octanol–water partition coefficient (Wildman–Crippen LogP) is 6.50. The number of halogens is 3. The highest BCUT2D eigenvalue weighted by molar-refractivity contribution is 9.10. The van der Waals surface area contributed by atoms with Crippen molar-refractivity contribution in [2.75, 3.05) is 0 Å². The van der Waals surface area contributed by atoms with Crippen LogP contribution in [-0.4, -0.2) is 4.83 Å². The van der Waals surface area contributed by atoms with Crippen molar-refractivity contribution in [2.24, 2.45) is 0 Å². The fourth-order valence-electron chi connectivity index (χ4n) is 2.87. The summed E-state index contributed by atoms with van der Waals surface area (Å²) in [7, 11) is 0. The number of alkyl halides is 1. The van der Waals surface area contributed by atoms with Gasteiger partial charge >= 0.3 is 0 Å². The largest absolute Gasteiger partial charge is 0.0880 e. The molecule has 0 amide bonds. The summed E-state index contributed by atoms with van der Waals surface area (Å²) in [6.07, 6.45) is 1.11. The molecule has 0 fully saturated rings.